The van der Waals surface area contributed by atoms with Crippen LogP contribution in [-0.2, 0) is 4.74 Å². The van der Waals surface area contributed by atoms with Gasteiger partial charge in [0.2, 0.25) is 0 Å². The summed E-state index contributed by atoms with van der Waals surface area (Å²) in [5.41, 5.74) is 0.241. The van der Waals surface area contributed by atoms with Gasteiger partial charge in [-0.15, -0.1) is 0 Å². The number of ether oxygens (including phenoxy) is 1. The van der Waals surface area contributed by atoms with E-state index in [1.165, 1.54) is 32.2 Å². The summed E-state index contributed by atoms with van der Waals surface area (Å²) in [4.78, 5) is 0. The highest BCUT2D eigenvalue weighted by Gasteiger charge is 2.42. The minimum absolute atomic E-state index is 0.241. The molecule has 0 aromatic rings. The molecule has 3 heteroatoms. The summed E-state index contributed by atoms with van der Waals surface area (Å²) in [6.07, 6.45) is 5.17. The van der Waals surface area contributed by atoms with E-state index in [1.54, 1.807) is 7.11 Å². The van der Waals surface area contributed by atoms with Gasteiger partial charge >= 0.3 is 0 Å². The highest BCUT2D eigenvalue weighted by Crippen LogP contribution is 2.28. The Morgan fingerprint density at radius 2 is 2.31 bits per heavy atom. The van der Waals surface area contributed by atoms with E-state index in [-0.39, 0.29) is 5.54 Å². The molecule has 2 aliphatic heterocycles. The third kappa shape index (κ3) is 1.73. The normalized spacial score (nSPS) is 39.9. The van der Waals surface area contributed by atoms with Crippen LogP contribution in [0.5, 0.6) is 0 Å². The van der Waals surface area contributed by atoms with Crippen LogP contribution in [0.2, 0.25) is 0 Å². The van der Waals surface area contributed by atoms with Crippen molar-refractivity contribution >= 4 is 0 Å². The van der Waals surface area contributed by atoms with Crippen LogP contribution in [0.1, 0.15) is 25.7 Å². The largest absolute Gasteiger partial charge is 0.383 e. The lowest BCUT2D eigenvalue weighted by molar-refractivity contribution is 0.0983. The van der Waals surface area contributed by atoms with Gasteiger partial charge < -0.3 is 15.4 Å². The summed E-state index contributed by atoms with van der Waals surface area (Å²) in [6, 6.07) is 0.634. The third-order valence-electron chi connectivity index (χ3n) is 3.41. The fourth-order valence-corrected chi connectivity index (χ4v) is 2.76. The van der Waals surface area contributed by atoms with Crippen LogP contribution in [-0.4, -0.2) is 38.4 Å². The molecule has 76 valence electrons. The molecule has 2 unspecified atom stereocenters. The lowest BCUT2D eigenvalue weighted by Gasteiger charge is -2.35. The molecule has 2 N–H and O–H groups in total. The number of hydrogen-bond acceptors (Lipinski definition) is 3. The molecule has 3 nitrogen and oxygen atoms in total. The Hall–Kier alpha value is -0.120. The molecule has 0 saturated carbocycles. The molecule has 0 radical (unpaired) electrons. The predicted molar refractivity (Wildman–Crippen MR) is 52.9 cm³/mol. The molecule has 2 atom stereocenters. The number of methoxy groups -OCH3 is 1. The van der Waals surface area contributed by atoms with Crippen LogP contribution in [0.4, 0.5) is 0 Å². The topological polar surface area (TPSA) is 33.3 Å². The van der Waals surface area contributed by atoms with E-state index in [4.69, 9.17) is 4.74 Å². The fraction of sp³-hybridized carbons (Fsp3) is 1.00. The van der Waals surface area contributed by atoms with Crippen molar-refractivity contribution in [3.05, 3.63) is 0 Å². The average Bonchev–Trinajstić information content (AvgIpc) is 2.73. The molecule has 0 spiro atoms. The summed E-state index contributed by atoms with van der Waals surface area (Å²) in [5, 5.41) is 7.21. The van der Waals surface area contributed by atoms with Gasteiger partial charge in [-0.1, -0.05) is 0 Å². The Balaban J connectivity index is 2.02. The average molecular weight is 184 g/mol. The maximum Gasteiger partial charge on any atom is 0.0659 e. The first kappa shape index (κ1) is 9.44. The van der Waals surface area contributed by atoms with E-state index >= 15 is 0 Å². The smallest absolute Gasteiger partial charge is 0.0659 e. The zero-order valence-corrected chi connectivity index (χ0v) is 8.44. The van der Waals surface area contributed by atoms with Gasteiger partial charge in [0.15, 0.2) is 0 Å². The van der Waals surface area contributed by atoms with E-state index in [1.807, 2.05) is 0 Å². The van der Waals surface area contributed by atoms with Crippen molar-refractivity contribution in [2.24, 2.45) is 0 Å². The van der Waals surface area contributed by atoms with Gasteiger partial charge in [-0.25, -0.2) is 0 Å². The van der Waals surface area contributed by atoms with E-state index < -0.39 is 0 Å². The molecular formula is C10H20N2O. The summed E-state index contributed by atoms with van der Waals surface area (Å²) < 4.78 is 5.34. The second-order valence-electron chi connectivity index (χ2n) is 4.27. The molecule has 2 saturated heterocycles. The minimum atomic E-state index is 0.241. The van der Waals surface area contributed by atoms with Crippen molar-refractivity contribution in [2.45, 2.75) is 37.3 Å². The summed E-state index contributed by atoms with van der Waals surface area (Å²) in [7, 11) is 1.80. The van der Waals surface area contributed by atoms with Gasteiger partial charge in [-0.3, -0.25) is 0 Å². The van der Waals surface area contributed by atoms with Crippen molar-refractivity contribution in [3.8, 4) is 0 Å². The maximum absolute atomic E-state index is 5.34. The van der Waals surface area contributed by atoms with Gasteiger partial charge in [-0.05, 0) is 38.8 Å². The third-order valence-corrected chi connectivity index (χ3v) is 3.41. The molecule has 2 aliphatic rings. The van der Waals surface area contributed by atoms with Crippen LogP contribution in [0, 0.1) is 0 Å². The highest BCUT2D eigenvalue weighted by atomic mass is 16.5. The van der Waals surface area contributed by atoms with E-state index in [9.17, 15) is 0 Å². The molecule has 2 fully saturated rings. The van der Waals surface area contributed by atoms with Crippen molar-refractivity contribution in [1.29, 1.82) is 0 Å². The van der Waals surface area contributed by atoms with Crippen LogP contribution in [0.25, 0.3) is 0 Å². The van der Waals surface area contributed by atoms with E-state index in [0.29, 0.717) is 6.04 Å². The molecule has 2 rings (SSSR count). The van der Waals surface area contributed by atoms with Crippen LogP contribution in [0.3, 0.4) is 0 Å². The van der Waals surface area contributed by atoms with Crippen LogP contribution >= 0.6 is 0 Å². The van der Waals surface area contributed by atoms with Gasteiger partial charge in [-0.2, -0.15) is 0 Å². The Kier molecular flexibility index (Phi) is 2.86. The number of nitrogens with one attached hydrogen (secondary N) is 2. The zero-order valence-electron chi connectivity index (χ0n) is 8.44. The number of hydrogen-bond donors (Lipinski definition) is 2. The Labute approximate surface area is 80.2 Å². The Bertz CT molecular complexity index is 160. The van der Waals surface area contributed by atoms with Gasteiger partial charge in [0.25, 0.3) is 0 Å². The number of rotatable bonds is 3. The van der Waals surface area contributed by atoms with E-state index in [0.717, 1.165) is 13.2 Å². The summed E-state index contributed by atoms with van der Waals surface area (Å²) in [5.74, 6) is 0. The second-order valence-corrected chi connectivity index (χ2v) is 4.27. The van der Waals surface area contributed by atoms with Crippen molar-refractivity contribution < 1.29 is 4.74 Å². The highest BCUT2D eigenvalue weighted by molar-refractivity contribution is 5.04. The fourth-order valence-electron chi connectivity index (χ4n) is 2.76. The van der Waals surface area contributed by atoms with E-state index in [2.05, 4.69) is 10.6 Å². The molecule has 0 aromatic carbocycles. The molecule has 2 heterocycles. The summed E-state index contributed by atoms with van der Waals surface area (Å²) in [6.45, 7) is 3.18. The lowest BCUT2D eigenvalue weighted by Crippen LogP contribution is -2.57. The van der Waals surface area contributed by atoms with Crippen LogP contribution < -0.4 is 10.6 Å². The first-order valence-electron chi connectivity index (χ1n) is 5.35. The quantitative estimate of drug-likeness (QED) is 0.670. The van der Waals surface area contributed by atoms with Crippen molar-refractivity contribution in [2.75, 3.05) is 26.8 Å². The van der Waals surface area contributed by atoms with Gasteiger partial charge in [0, 0.05) is 13.2 Å². The second kappa shape index (κ2) is 3.95. The van der Waals surface area contributed by atoms with Gasteiger partial charge in [0.05, 0.1) is 12.1 Å². The van der Waals surface area contributed by atoms with Gasteiger partial charge in [0.1, 0.15) is 0 Å². The zero-order chi connectivity index (χ0) is 9.15. The predicted octanol–water partition coefficient (Wildman–Crippen LogP) is 0.507. The first-order chi connectivity index (χ1) is 6.37. The molecule has 0 aliphatic carbocycles. The Morgan fingerprint density at radius 1 is 1.38 bits per heavy atom. The first-order valence-corrected chi connectivity index (χ1v) is 5.35. The summed E-state index contributed by atoms with van der Waals surface area (Å²) >= 11 is 0. The van der Waals surface area contributed by atoms with Crippen molar-refractivity contribution in [3.63, 3.8) is 0 Å². The molecule has 0 amide bonds. The minimum Gasteiger partial charge on any atom is -0.383 e. The molecular weight excluding hydrogens is 164 g/mol. The monoisotopic (exact) mass is 184 g/mol. The lowest BCUT2D eigenvalue weighted by atomic mass is 9.88. The molecule has 0 aromatic heterocycles. The molecule has 13 heavy (non-hydrogen) atoms. The molecule has 0 bridgehead atoms. The van der Waals surface area contributed by atoms with Crippen molar-refractivity contribution in [1.82, 2.24) is 10.6 Å². The maximum atomic E-state index is 5.34. The standard InChI is InChI=1S/C10H20N2O/c1-13-8-10(5-3-7-12-10)9-4-2-6-11-9/h9,11-12H,2-8H2,1H3. The van der Waals surface area contributed by atoms with Crippen LogP contribution in [0.15, 0.2) is 0 Å². The SMILES string of the molecule is COCC1(C2CCCN2)CCCN1. The Morgan fingerprint density at radius 3 is 2.85 bits per heavy atom.